The van der Waals surface area contributed by atoms with Gasteiger partial charge < -0.3 is 0 Å². The van der Waals surface area contributed by atoms with Gasteiger partial charge in [0.1, 0.15) is 0 Å². The van der Waals surface area contributed by atoms with Gasteiger partial charge in [-0.15, -0.1) is 0 Å². The van der Waals surface area contributed by atoms with Crippen molar-refractivity contribution in [1.82, 2.24) is 0 Å². The summed E-state index contributed by atoms with van der Waals surface area (Å²) in [4.78, 5) is 21.6. The van der Waals surface area contributed by atoms with Crippen molar-refractivity contribution in [3.05, 3.63) is 0 Å². The summed E-state index contributed by atoms with van der Waals surface area (Å²) >= 11 is 0. The fourth-order valence-corrected chi connectivity index (χ4v) is 1.66. The Balaban J connectivity index is 4.41. The van der Waals surface area contributed by atoms with Gasteiger partial charge in [-0.2, -0.15) is 0 Å². The summed E-state index contributed by atoms with van der Waals surface area (Å²) in [5, 5.41) is 0. The second kappa shape index (κ2) is 10.2. The lowest BCUT2D eigenvalue weighted by atomic mass is 10.1. The molecule has 0 aromatic rings. The van der Waals surface area contributed by atoms with Gasteiger partial charge in [-0.1, -0.05) is 38.5 Å². The average Bonchev–Trinajstić information content (AvgIpc) is 2.42. The zero-order chi connectivity index (χ0) is 17.2. The molecule has 4 nitrogen and oxygen atoms in total. The third-order valence-electron chi connectivity index (χ3n) is 2.90. The summed E-state index contributed by atoms with van der Waals surface area (Å²) < 4.78 is 0. The van der Waals surface area contributed by atoms with Crippen molar-refractivity contribution >= 4 is 0 Å². The molecule has 0 heterocycles. The Morgan fingerprint density at radius 2 is 1.05 bits per heavy atom. The van der Waals surface area contributed by atoms with Crippen molar-refractivity contribution in [3.63, 3.8) is 0 Å². The molecule has 2 unspecified atom stereocenters. The monoisotopic (exact) mass is 314 g/mol. The predicted octanol–water partition coefficient (Wildman–Crippen LogP) is 4.82. The highest BCUT2D eigenvalue weighted by Gasteiger charge is 2.22. The van der Waals surface area contributed by atoms with Crippen molar-refractivity contribution in [1.29, 1.82) is 0 Å². The molecule has 0 aromatic heterocycles. The largest absolute Gasteiger partial charge is 0.232 e. The summed E-state index contributed by atoms with van der Waals surface area (Å²) in [6.45, 7) is 15.7. The van der Waals surface area contributed by atoms with E-state index in [2.05, 4.69) is 25.7 Å². The van der Waals surface area contributed by atoms with Crippen LogP contribution in [0.5, 0.6) is 0 Å². The first kappa shape index (κ1) is 21.4. The highest BCUT2D eigenvalue weighted by atomic mass is 17.2. The molecule has 0 saturated heterocycles. The summed E-state index contributed by atoms with van der Waals surface area (Å²) in [6, 6.07) is 0. The molecule has 0 aliphatic heterocycles. The van der Waals surface area contributed by atoms with Gasteiger partial charge in [0.25, 0.3) is 0 Å². The maximum Gasteiger partial charge on any atom is 0.158 e. The maximum atomic E-state index is 5.43. The fourth-order valence-electron chi connectivity index (χ4n) is 1.66. The van der Waals surface area contributed by atoms with E-state index in [1.165, 1.54) is 0 Å². The van der Waals surface area contributed by atoms with Crippen LogP contribution in [0.2, 0.25) is 0 Å². The zero-order valence-corrected chi connectivity index (χ0v) is 15.6. The molecule has 2 atom stereocenters. The predicted molar refractivity (Wildman–Crippen MR) is 89.0 cm³/mol. The Hall–Kier alpha value is -0.600. The van der Waals surface area contributed by atoms with Crippen molar-refractivity contribution in [3.8, 4) is 11.8 Å². The third-order valence-corrected chi connectivity index (χ3v) is 2.90. The molecule has 0 rings (SSSR count). The Morgan fingerprint density at radius 1 is 0.727 bits per heavy atom. The van der Waals surface area contributed by atoms with Gasteiger partial charge in [0, 0.05) is 0 Å². The van der Waals surface area contributed by atoms with Crippen LogP contribution in [0.1, 0.15) is 81.1 Å². The Labute approximate surface area is 136 Å². The van der Waals surface area contributed by atoms with E-state index in [1.54, 1.807) is 0 Å². The maximum absolute atomic E-state index is 5.43. The highest BCUT2D eigenvalue weighted by molar-refractivity contribution is 5.17. The lowest BCUT2D eigenvalue weighted by molar-refractivity contribution is -0.363. The van der Waals surface area contributed by atoms with Crippen LogP contribution < -0.4 is 0 Å². The minimum absolute atomic E-state index is 0.0635. The number of rotatable bonds is 10. The van der Waals surface area contributed by atoms with Gasteiger partial charge in [-0.05, 0) is 54.4 Å². The minimum atomic E-state index is -0.697. The lowest BCUT2D eigenvalue weighted by Gasteiger charge is -2.23. The molecular weight excluding hydrogens is 280 g/mol. The number of hydrogen-bond acceptors (Lipinski definition) is 4. The Bertz CT molecular complexity index is 320. The molecule has 0 bridgehead atoms. The molecular formula is C18H34O4. The van der Waals surface area contributed by atoms with Crippen LogP contribution >= 0.6 is 0 Å². The molecule has 130 valence electrons. The van der Waals surface area contributed by atoms with Crippen LogP contribution in [0.15, 0.2) is 0 Å². The van der Waals surface area contributed by atoms with Crippen LogP contribution in [-0.4, -0.2) is 23.4 Å². The van der Waals surface area contributed by atoms with Crippen molar-refractivity contribution in [2.75, 3.05) is 0 Å². The highest BCUT2D eigenvalue weighted by Crippen LogP contribution is 2.15. The van der Waals surface area contributed by atoms with E-state index >= 15 is 0 Å². The molecule has 0 aromatic carbocycles. The van der Waals surface area contributed by atoms with E-state index in [1.807, 2.05) is 41.5 Å². The van der Waals surface area contributed by atoms with E-state index < -0.39 is 11.2 Å². The quantitative estimate of drug-likeness (QED) is 0.329. The molecule has 0 aliphatic carbocycles. The van der Waals surface area contributed by atoms with Crippen LogP contribution in [-0.2, 0) is 19.6 Å². The topological polar surface area (TPSA) is 36.9 Å². The first-order valence-corrected chi connectivity index (χ1v) is 8.35. The summed E-state index contributed by atoms with van der Waals surface area (Å²) in [5.74, 6) is 6.10. The van der Waals surface area contributed by atoms with Gasteiger partial charge >= 0.3 is 0 Å². The first-order chi connectivity index (χ1) is 10.1. The van der Waals surface area contributed by atoms with Gasteiger partial charge in [-0.3, -0.25) is 0 Å². The normalized spacial score (nSPS) is 15.1. The van der Waals surface area contributed by atoms with Gasteiger partial charge in [0.15, 0.2) is 11.2 Å². The molecule has 0 spiro atoms. The molecule has 0 aliphatic rings. The molecule has 0 saturated carbocycles. The van der Waals surface area contributed by atoms with Crippen molar-refractivity contribution in [2.45, 2.75) is 104 Å². The zero-order valence-electron chi connectivity index (χ0n) is 15.6. The molecule has 0 amide bonds. The van der Waals surface area contributed by atoms with Crippen LogP contribution in [0.3, 0.4) is 0 Å². The third kappa shape index (κ3) is 11.0. The second-order valence-corrected chi connectivity index (χ2v) is 6.83. The number of hydrogen-bond donors (Lipinski definition) is 0. The molecule has 0 radical (unpaired) electrons. The van der Waals surface area contributed by atoms with E-state index in [4.69, 9.17) is 19.6 Å². The molecule has 0 fully saturated rings. The molecule has 0 N–H and O–H groups in total. The molecule has 22 heavy (non-hydrogen) atoms. The SMILES string of the molecule is CCCC(C)OOC(C)(C)C#CC(C)(C)OOC(C)CCC. The van der Waals surface area contributed by atoms with Crippen LogP contribution in [0, 0.1) is 11.8 Å². The van der Waals surface area contributed by atoms with E-state index in [9.17, 15) is 0 Å². The minimum Gasteiger partial charge on any atom is -0.232 e. The van der Waals surface area contributed by atoms with E-state index in [0.717, 1.165) is 25.7 Å². The smallest absolute Gasteiger partial charge is 0.158 e. The summed E-state index contributed by atoms with van der Waals surface area (Å²) in [6.07, 6.45) is 4.17. The van der Waals surface area contributed by atoms with E-state index in [0.29, 0.717) is 0 Å². The first-order valence-electron chi connectivity index (χ1n) is 8.35. The van der Waals surface area contributed by atoms with Gasteiger partial charge in [0.2, 0.25) is 0 Å². The van der Waals surface area contributed by atoms with Gasteiger partial charge in [-0.25, -0.2) is 19.6 Å². The van der Waals surface area contributed by atoms with Crippen LogP contribution in [0.4, 0.5) is 0 Å². The Kier molecular flexibility index (Phi) is 9.95. The Morgan fingerprint density at radius 3 is 1.32 bits per heavy atom. The van der Waals surface area contributed by atoms with Crippen molar-refractivity contribution < 1.29 is 19.6 Å². The lowest BCUT2D eigenvalue weighted by Crippen LogP contribution is -2.29. The van der Waals surface area contributed by atoms with Crippen LogP contribution in [0.25, 0.3) is 0 Å². The second-order valence-electron chi connectivity index (χ2n) is 6.83. The summed E-state index contributed by atoms with van der Waals surface area (Å²) in [7, 11) is 0. The van der Waals surface area contributed by atoms with Gasteiger partial charge in [0.05, 0.1) is 12.2 Å². The molecule has 4 heteroatoms. The van der Waals surface area contributed by atoms with Crippen molar-refractivity contribution in [2.24, 2.45) is 0 Å². The summed E-state index contributed by atoms with van der Waals surface area (Å²) in [5.41, 5.74) is -1.39. The standard InChI is InChI=1S/C18H34O4/c1-9-11-15(3)19-21-17(5,6)13-14-18(7,8)22-20-16(4)12-10-2/h15-16H,9-12H2,1-8H3. The fraction of sp³-hybridized carbons (Fsp3) is 0.889. The van der Waals surface area contributed by atoms with E-state index in [-0.39, 0.29) is 12.2 Å². The average molecular weight is 314 g/mol.